The number of hydrogen-bond donors (Lipinski definition) is 0. The number of anilines is 1. The highest BCUT2D eigenvalue weighted by Crippen LogP contribution is 2.23. The molecule has 0 aliphatic heterocycles. The van der Waals surface area contributed by atoms with Gasteiger partial charge in [-0.05, 0) is 30.2 Å². The largest absolute Gasteiger partial charge is 0.312 e. The molecule has 0 saturated heterocycles. The SMILES string of the molecule is CCN(C(=O)C[NH])c1ccc(-c2ccccc2)cc1. The predicted molar refractivity (Wildman–Crippen MR) is 77.9 cm³/mol. The second kappa shape index (κ2) is 6.16. The Morgan fingerprint density at radius 1 is 1.00 bits per heavy atom. The number of hydrogen-bond acceptors (Lipinski definition) is 1. The Morgan fingerprint density at radius 2 is 1.58 bits per heavy atom. The lowest BCUT2D eigenvalue weighted by molar-refractivity contribution is -0.117. The van der Waals surface area contributed by atoms with Gasteiger partial charge in [-0.25, -0.2) is 5.73 Å². The Morgan fingerprint density at radius 3 is 2.11 bits per heavy atom. The standard InChI is InChI=1S/C16H17N2O/c1-2-18(16(19)12-17)15-10-8-14(9-11-15)13-6-4-3-5-7-13/h3-11,17H,2,12H2,1H3. The number of likely N-dealkylation sites (N-methyl/N-ethyl adjacent to an activating group) is 1. The van der Waals surface area contributed by atoms with Gasteiger partial charge in [-0.1, -0.05) is 42.5 Å². The summed E-state index contributed by atoms with van der Waals surface area (Å²) >= 11 is 0. The lowest BCUT2D eigenvalue weighted by atomic mass is 10.1. The van der Waals surface area contributed by atoms with Gasteiger partial charge in [0.25, 0.3) is 0 Å². The zero-order valence-electron chi connectivity index (χ0n) is 11.0. The van der Waals surface area contributed by atoms with Crippen LogP contribution in [0.5, 0.6) is 0 Å². The van der Waals surface area contributed by atoms with Crippen LogP contribution in [-0.4, -0.2) is 19.0 Å². The van der Waals surface area contributed by atoms with Gasteiger partial charge in [-0.15, -0.1) is 0 Å². The number of carbonyl (C=O) groups excluding carboxylic acids is 1. The molecule has 2 rings (SSSR count). The van der Waals surface area contributed by atoms with E-state index in [0.29, 0.717) is 6.54 Å². The maximum Gasteiger partial charge on any atom is 0.242 e. The number of rotatable bonds is 4. The summed E-state index contributed by atoms with van der Waals surface area (Å²) in [5, 5.41) is 0. The monoisotopic (exact) mass is 253 g/mol. The minimum absolute atomic E-state index is 0.171. The number of nitrogens with one attached hydrogen (secondary N) is 1. The molecule has 0 fully saturated rings. The minimum Gasteiger partial charge on any atom is -0.312 e. The van der Waals surface area contributed by atoms with Gasteiger partial charge in [0.15, 0.2) is 0 Å². The predicted octanol–water partition coefficient (Wildman–Crippen LogP) is 2.99. The fraction of sp³-hybridized carbons (Fsp3) is 0.188. The van der Waals surface area contributed by atoms with Crippen molar-refractivity contribution in [1.82, 2.24) is 5.73 Å². The highest BCUT2D eigenvalue weighted by Gasteiger charge is 2.11. The second-order valence-corrected chi connectivity index (χ2v) is 4.23. The number of amides is 1. The number of benzene rings is 2. The highest BCUT2D eigenvalue weighted by atomic mass is 16.2. The van der Waals surface area contributed by atoms with E-state index >= 15 is 0 Å². The number of nitrogens with zero attached hydrogens (tertiary/aromatic N) is 1. The fourth-order valence-electron chi connectivity index (χ4n) is 2.06. The Labute approximate surface area is 113 Å². The zero-order valence-corrected chi connectivity index (χ0v) is 11.0. The average molecular weight is 253 g/mol. The lowest BCUT2D eigenvalue weighted by Gasteiger charge is -2.20. The first-order valence-electron chi connectivity index (χ1n) is 6.36. The van der Waals surface area contributed by atoms with E-state index in [4.69, 9.17) is 5.73 Å². The summed E-state index contributed by atoms with van der Waals surface area (Å²) in [4.78, 5) is 13.3. The normalized spacial score (nSPS) is 10.2. The van der Waals surface area contributed by atoms with Crippen LogP contribution in [0.3, 0.4) is 0 Å². The maximum absolute atomic E-state index is 11.6. The molecule has 2 aromatic carbocycles. The molecule has 0 heterocycles. The summed E-state index contributed by atoms with van der Waals surface area (Å²) in [6.07, 6.45) is 0. The van der Waals surface area contributed by atoms with Gasteiger partial charge >= 0.3 is 0 Å². The second-order valence-electron chi connectivity index (χ2n) is 4.23. The highest BCUT2D eigenvalue weighted by molar-refractivity contribution is 5.94. The van der Waals surface area contributed by atoms with Crippen LogP contribution in [0.4, 0.5) is 5.69 Å². The van der Waals surface area contributed by atoms with Crippen LogP contribution in [0.25, 0.3) is 11.1 Å². The molecule has 2 aromatic rings. The van der Waals surface area contributed by atoms with Crippen molar-refractivity contribution < 1.29 is 4.79 Å². The summed E-state index contributed by atoms with van der Waals surface area (Å²) in [6, 6.07) is 18.0. The van der Waals surface area contributed by atoms with E-state index in [1.54, 1.807) is 4.90 Å². The van der Waals surface area contributed by atoms with E-state index < -0.39 is 0 Å². The Kier molecular flexibility index (Phi) is 4.31. The van der Waals surface area contributed by atoms with Gasteiger partial charge in [0.2, 0.25) is 5.91 Å². The van der Waals surface area contributed by atoms with Crippen molar-refractivity contribution in [2.75, 3.05) is 18.0 Å². The fourth-order valence-corrected chi connectivity index (χ4v) is 2.06. The quantitative estimate of drug-likeness (QED) is 0.826. The van der Waals surface area contributed by atoms with Gasteiger partial charge in [-0.2, -0.15) is 0 Å². The summed E-state index contributed by atoms with van der Waals surface area (Å²) in [7, 11) is 0. The summed E-state index contributed by atoms with van der Waals surface area (Å²) in [5.74, 6) is -0.171. The van der Waals surface area contributed by atoms with Crippen LogP contribution in [0.1, 0.15) is 6.92 Å². The molecular formula is C16H17N2O. The molecule has 97 valence electrons. The minimum atomic E-state index is -0.214. The summed E-state index contributed by atoms with van der Waals surface area (Å²) in [5.41, 5.74) is 10.3. The van der Waals surface area contributed by atoms with Gasteiger partial charge in [0, 0.05) is 12.2 Å². The van der Waals surface area contributed by atoms with Crippen molar-refractivity contribution in [3.63, 3.8) is 0 Å². The molecule has 0 unspecified atom stereocenters. The zero-order chi connectivity index (χ0) is 13.7. The van der Waals surface area contributed by atoms with E-state index in [0.717, 1.165) is 16.8 Å². The molecule has 1 amide bonds. The van der Waals surface area contributed by atoms with E-state index in [9.17, 15) is 4.79 Å². The summed E-state index contributed by atoms with van der Waals surface area (Å²) in [6.45, 7) is 2.29. The van der Waals surface area contributed by atoms with Crippen molar-refractivity contribution in [3.8, 4) is 11.1 Å². The van der Waals surface area contributed by atoms with Crippen LogP contribution >= 0.6 is 0 Å². The third-order valence-corrected chi connectivity index (χ3v) is 3.05. The Hall–Kier alpha value is -2.13. The Balaban J connectivity index is 2.25. The maximum atomic E-state index is 11.6. The van der Waals surface area contributed by atoms with Gasteiger partial charge in [0.1, 0.15) is 0 Å². The average Bonchev–Trinajstić information content (AvgIpc) is 2.49. The molecule has 0 aliphatic rings. The molecule has 0 aliphatic carbocycles. The molecule has 0 atom stereocenters. The van der Waals surface area contributed by atoms with Crippen LogP contribution in [0, 0.1) is 0 Å². The van der Waals surface area contributed by atoms with Crippen molar-refractivity contribution in [1.29, 1.82) is 0 Å². The summed E-state index contributed by atoms with van der Waals surface area (Å²) < 4.78 is 0. The molecule has 0 saturated carbocycles. The Bertz CT molecular complexity index is 534. The van der Waals surface area contributed by atoms with Crippen LogP contribution in [0.15, 0.2) is 54.6 Å². The van der Waals surface area contributed by atoms with E-state index in [-0.39, 0.29) is 12.5 Å². The van der Waals surface area contributed by atoms with Crippen LogP contribution < -0.4 is 10.6 Å². The van der Waals surface area contributed by atoms with E-state index in [1.807, 2.05) is 49.4 Å². The topological polar surface area (TPSA) is 44.1 Å². The van der Waals surface area contributed by atoms with Crippen LogP contribution in [-0.2, 0) is 4.79 Å². The van der Waals surface area contributed by atoms with Gasteiger partial charge in [0.05, 0.1) is 6.54 Å². The van der Waals surface area contributed by atoms with E-state index in [2.05, 4.69) is 12.1 Å². The lowest BCUT2D eigenvalue weighted by Crippen LogP contribution is -2.33. The van der Waals surface area contributed by atoms with Gasteiger partial charge < -0.3 is 4.90 Å². The first-order valence-corrected chi connectivity index (χ1v) is 6.36. The van der Waals surface area contributed by atoms with Gasteiger partial charge in [-0.3, -0.25) is 4.79 Å². The molecule has 0 spiro atoms. The smallest absolute Gasteiger partial charge is 0.242 e. The molecule has 3 nitrogen and oxygen atoms in total. The van der Waals surface area contributed by atoms with Crippen molar-refractivity contribution >= 4 is 11.6 Å². The van der Waals surface area contributed by atoms with Crippen molar-refractivity contribution in [3.05, 3.63) is 54.6 Å². The third-order valence-electron chi connectivity index (χ3n) is 3.05. The first kappa shape index (κ1) is 13.3. The van der Waals surface area contributed by atoms with E-state index in [1.165, 1.54) is 0 Å². The third kappa shape index (κ3) is 3.01. The molecular weight excluding hydrogens is 236 g/mol. The number of carbonyl (C=O) groups is 1. The molecule has 3 heteroatoms. The molecule has 0 aromatic heterocycles. The van der Waals surface area contributed by atoms with Crippen molar-refractivity contribution in [2.45, 2.75) is 6.92 Å². The first-order chi connectivity index (χ1) is 9.26. The molecule has 1 N–H and O–H groups in total. The van der Waals surface area contributed by atoms with Crippen molar-refractivity contribution in [2.24, 2.45) is 0 Å². The van der Waals surface area contributed by atoms with Crippen LogP contribution in [0.2, 0.25) is 0 Å². The molecule has 19 heavy (non-hydrogen) atoms. The molecule has 0 bridgehead atoms. The molecule has 1 radical (unpaired) electrons.